The molecule has 0 saturated carbocycles. The fourth-order valence-corrected chi connectivity index (χ4v) is 2.19. The summed E-state index contributed by atoms with van der Waals surface area (Å²) in [5.74, 6) is -0.0187. The highest BCUT2D eigenvalue weighted by Gasteiger charge is 2.17. The van der Waals surface area contributed by atoms with Crippen molar-refractivity contribution in [2.45, 2.75) is 13.0 Å². The molecule has 0 amide bonds. The molecule has 1 aliphatic rings. The van der Waals surface area contributed by atoms with Gasteiger partial charge in [0, 0.05) is 36.6 Å². The molecule has 5 heteroatoms. The Morgan fingerprint density at radius 3 is 3.05 bits per heavy atom. The van der Waals surface area contributed by atoms with Crippen LogP contribution in [0, 0.1) is 0 Å². The number of nitrogens with zero attached hydrogens (tertiary/aromatic N) is 1. The molecule has 1 atom stereocenters. The summed E-state index contributed by atoms with van der Waals surface area (Å²) in [6, 6.07) is 5.44. The van der Waals surface area contributed by atoms with Crippen LogP contribution in [0.5, 0.6) is 0 Å². The fraction of sp³-hybridized carbons (Fsp3) is 0.500. The second-order valence-electron chi connectivity index (χ2n) is 4.99. The molecule has 0 aliphatic carbocycles. The number of likely N-dealkylation sites (N-methyl/N-ethyl adjacent to an activating group) is 1. The van der Waals surface area contributed by atoms with E-state index in [9.17, 15) is 4.79 Å². The van der Waals surface area contributed by atoms with Crippen LogP contribution in [-0.2, 0) is 4.74 Å². The molecular formula is C14H21N3O2. The van der Waals surface area contributed by atoms with Gasteiger partial charge in [0.2, 0.25) is 0 Å². The Hall–Kier alpha value is -1.59. The molecular weight excluding hydrogens is 242 g/mol. The van der Waals surface area contributed by atoms with E-state index in [1.807, 2.05) is 6.07 Å². The van der Waals surface area contributed by atoms with Crippen LogP contribution in [-0.4, -0.2) is 50.1 Å². The zero-order valence-corrected chi connectivity index (χ0v) is 11.5. The maximum Gasteiger partial charge on any atom is 0.161 e. The molecule has 1 heterocycles. The van der Waals surface area contributed by atoms with Gasteiger partial charge < -0.3 is 20.7 Å². The van der Waals surface area contributed by atoms with Crippen LogP contribution in [0.2, 0.25) is 0 Å². The molecule has 2 rings (SSSR count). The summed E-state index contributed by atoms with van der Waals surface area (Å²) in [6.45, 7) is 4.91. The number of nitrogens with two attached hydrogens (primary N) is 1. The van der Waals surface area contributed by atoms with Crippen molar-refractivity contribution in [3.8, 4) is 0 Å². The van der Waals surface area contributed by atoms with E-state index in [0.29, 0.717) is 11.3 Å². The van der Waals surface area contributed by atoms with E-state index in [2.05, 4.69) is 17.3 Å². The molecule has 1 saturated heterocycles. The number of nitrogens with one attached hydrogen (secondary N) is 1. The molecule has 0 bridgehead atoms. The summed E-state index contributed by atoms with van der Waals surface area (Å²) in [5.41, 5.74) is 7.75. The molecule has 19 heavy (non-hydrogen) atoms. The standard InChI is InChI=1S/C14H21N3O2/c1-10(18)13-7-11(3-4-14(13)15)16-8-12-9-17(2)5-6-19-12/h3-4,7,12,16H,5-6,8-9,15H2,1-2H3. The maximum atomic E-state index is 11.4. The van der Waals surface area contributed by atoms with Crippen LogP contribution < -0.4 is 11.1 Å². The molecule has 5 nitrogen and oxygen atoms in total. The van der Waals surface area contributed by atoms with Gasteiger partial charge >= 0.3 is 0 Å². The fourth-order valence-electron chi connectivity index (χ4n) is 2.19. The first-order chi connectivity index (χ1) is 9.06. The number of ketones is 1. The lowest BCUT2D eigenvalue weighted by atomic mass is 10.1. The summed E-state index contributed by atoms with van der Waals surface area (Å²) >= 11 is 0. The van der Waals surface area contributed by atoms with Crippen molar-refractivity contribution in [2.24, 2.45) is 0 Å². The highest BCUT2D eigenvalue weighted by molar-refractivity contribution is 5.99. The monoisotopic (exact) mass is 263 g/mol. The van der Waals surface area contributed by atoms with Crippen molar-refractivity contribution in [1.82, 2.24) is 4.90 Å². The number of morpholine rings is 1. The Morgan fingerprint density at radius 1 is 1.58 bits per heavy atom. The van der Waals surface area contributed by atoms with Crippen molar-refractivity contribution in [2.75, 3.05) is 44.3 Å². The summed E-state index contributed by atoms with van der Waals surface area (Å²) in [4.78, 5) is 13.7. The number of hydrogen-bond donors (Lipinski definition) is 2. The quantitative estimate of drug-likeness (QED) is 0.631. The largest absolute Gasteiger partial charge is 0.398 e. The van der Waals surface area contributed by atoms with Gasteiger partial charge in [-0.25, -0.2) is 0 Å². The minimum absolute atomic E-state index is 0.0187. The van der Waals surface area contributed by atoms with E-state index in [1.165, 1.54) is 6.92 Å². The molecule has 0 spiro atoms. The number of ether oxygens (including phenoxy) is 1. The van der Waals surface area contributed by atoms with Gasteiger partial charge in [0.05, 0.1) is 12.7 Å². The van der Waals surface area contributed by atoms with Crippen LogP contribution in [0.3, 0.4) is 0 Å². The minimum Gasteiger partial charge on any atom is -0.398 e. The van der Waals surface area contributed by atoms with Gasteiger partial charge in [0.25, 0.3) is 0 Å². The number of carbonyl (C=O) groups excluding carboxylic acids is 1. The van der Waals surface area contributed by atoms with E-state index < -0.39 is 0 Å². The van der Waals surface area contributed by atoms with Gasteiger partial charge in [-0.1, -0.05) is 0 Å². The second-order valence-corrected chi connectivity index (χ2v) is 4.99. The summed E-state index contributed by atoms with van der Waals surface area (Å²) in [5, 5.41) is 3.30. The number of nitrogen functional groups attached to an aromatic ring is 1. The third kappa shape index (κ3) is 3.68. The Bertz CT molecular complexity index is 462. The van der Waals surface area contributed by atoms with Crippen LogP contribution >= 0.6 is 0 Å². The number of anilines is 2. The third-order valence-corrected chi connectivity index (χ3v) is 3.31. The van der Waals surface area contributed by atoms with E-state index in [1.54, 1.807) is 12.1 Å². The lowest BCUT2D eigenvalue weighted by molar-refractivity contribution is -0.0117. The maximum absolute atomic E-state index is 11.4. The molecule has 1 aromatic carbocycles. The predicted molar refractivity (Wildman–Crippen MR) is 76.6 cm³/mol. The van der Waals surface area contributed by atoms with Crippen molar-refractivity contribution in [1.29, 1.82) is 0 Å². The normalized spacial score (nSPS) is 20.2. The number of hydrogen-bond acceptors (Lipinski definition) is 5. The number of rotatable bonds is 4. The van der Waals surface area contributed by atoms with Gasteiger partial charge in [0.15, 0.2) is 5.78 Å². The summed E-state index contributed by atoms with van der Waals surface area (Å²) in [6.07, 6.45) is 0.178. The van der Waals surface area contributed by atoms with E-state index in [4.69, 9.17) is 10.5 Å². The first-order valence-electron chi connectivity index (χ1n) is 6.50. The van der Waals surface area contributed by atoms with Gasteiger partial charge in [0.1, 0.15) is 0 Å². The van der Waals surface area contributed by atoms with E-state index >= 15 is 0 Å². The Morgan fingerprint density at radius 2 is 2.37 bits per heavy atom. The molecule has 1 unspecified atom stereocenters. The van der Waals surface area contributed by atoms with Crippen molar-refractivity contribution < 1.29 is 9.53 Å². The zero-order valence-electron chi connectivity index (χ0n) is 11.5. The molecule has 3 N–H and O–H groups in total. The Labute approximate surface area is 113 Å². The lowest BCUT2D eigenvalue weighted by Gasteiger charge is -2.30. The summed E-state index contributed by atoms with van der Waals surface area (Å²) in [7, 11) is 2.09. The van der Waals surface area contributed by atoms with Gasteiger partial charge in [-0.2, -0.15) is 0 Å². The van der Waals surface area contributed by atoms with E-state index in [0.717, 1.165) is 31.9 Å². The Kier molecular flexibility index (Phi) is 4.39. The van der Waals surface area contributed by atoms with Crippen molar-refractivity contribution >= 4 is 17.2 Å². The minimum atomic E-state index is -0.0187. The molecule has 0 aromatic heterocycles. The van der Waals surface area contributed by atoms with Crippen LogP contribution in [0.1, 0.15) is 17.3 Å². The average molecular weight is 263 g/mol. The zero-order chi connectivity index (χ0) is 13.8. The highest BCUT2D eigenvalue weighted by Crippen LogP contribution is 2.18. The topological polar surface area (TPSA) is 67.6 Å². The van der Waals surface area contributed by atoms with Crippen LogP contribution in [0.15, 0.2) is 18.2 Å². The molecule has 1 aromatic rings. The summed E-state index contributed by atoms with van der Waals surface area (Å²) < 4.78 is 5.68. The average Bonchev–Trinajstić information content (AvgIpc) is 2.37. The van der Waals surface area contributed by atoms with Crippen LogP contribution in [0.4, 0.5) is 11.4 Å². The molecule has 0 radical (unpaired) electrons. The highest BCUT2D eigenvalue weighted by atomic mass is 16.5. The first kappa shape index (κ1) is 13.8. The van der Waals surface area contributed by atoms with Crippen molar-refractivity contribution in [3.05, 3.63) is 23.8 Å². The third-order valence-electron chi connectivity index (χ3n) is 3.31. The van der Waals surface area contributed by atoms with E-state index in [-0.39, 0.29) is 11.9 Å². The molecule has 1 fully saturated rings. The van der Waals surface area contributed by atoms with Gasteiger partial charge in [-0.05, 0) is 32.2 Å². The second kappa shape index (κ2) is 6.04. The van der Waals surface area contributed by atoms with Gasteiger partial charge in [-0.3, -0.25) is 4.79 Å². The lowest BCUT2D eigenvalue weighted by Crippen LogP contribution is -2.43. The van der Waals surface area contributed by atoms with Gasteiger partial charge in [-0.15, -0.1) is 0 Å². The van der Waals surface area contributed by atoms with Crippen LogP contribution in [0.25, 0.3) is 0 Å². The van der Waals surface area contributed by atoms with Crippen molar-refractivity contribution in [3.63, 3.8) is 0 Å². The number of benzene rings is 1. The Balaban J connectivity index is 1.96. The first-order valence-corrected chi connectivity index (χ1v) is 6.50. The number of Topliss-reactive ketones (excluding diaryl/α,β-unsaturated/α-hetero) is 1. The SMILES string of the molecule is CC(=O)c1cc(NCC2CN(C)CCO2)ccc1N. The molecule has 104 valence electrons. The number of carbonyl (C=O) groups is 1. The smallest absolute Gasteiger partial charge is 0.161 e. The molecule has 1 aliphatic heterocycles. The predicted octanol–water partition coefficient (Wildman–Crippen LogP) is 1.21.